The minimum absolute atomic E-state index is 0.0608. The predicted octanol–water partition coefficient (Wildman–Crippen LogP) is 3.01. The highest BCUT2D eigenvalue weighted by atomic mass is 35.5. The highest BCUT2D eigenvalue weighted by Gasteiger charge is 2.27. The Morgan fingerprint density at radius 1 is 1.29 bits per heavy atom. The van der Waals surface area contributed by atoms with E-state index in [1.54, 1.807) is 24.3 Å². The summed E-state index contributed by atoms with van der Waals surface area (Å²) in [5.74, 6) is -0.223. The van der Waals surface area contributed by atoms with Gasteiger partial charge in [-0.25, -0.2) is 4.79 Å². The van der Waals surface area contributed by atoms with Crippen molar-refractivity contribution < 1.29 is 28.2 Å². The number of fused-ring (bicyclic) bond motifs is 1. The molecule has 1 atom stereocenters. The zero-order chi connectivity index (χ0) is 17.1. The molecule has 0 fully saturated rings. The first-order valence-corrected chi connectivity index (χ1v) is 7.69. The Hall–Kier alpha value is -2.47. The molecule has 1 aliphatic rings. The fourth-order valence-electron chi connectivity index (χ4n) is 2.44. The zero-order valence-corrected chi connectivity index (χ0v) is 13.7. The lowest BCUT2D eigenvalue weighted by Crippen LogP contribution is -2.29. The van der Waals surface area contributed by atoms with Crippen LogP contribution in [0.1, 0.15) is 21.9 Å². The summed E-state index contributed by atoms with van der Waals surface area (Å²) in [5, 5.41) is 0.595. The number of methoxy groups -OCH3 is 1. The average molecular weight is 351 g/mol. The van der Waals surface area contributed by atoms with Crippen LogP contribution in [0.4, 0.5) is 0 Å². The van der Waals surface area contributed by atoms with Crippen molar-refractivity contribution in [2.45, 2.75) is 13.0 Å². The molecule has 2 heterocycles. The van der Waals surface area contributed by atoms with Crippen molar-refractivity contribution >= 4 is 23.5 Å². The van der Waals surface area contributed by atoms with Crippen LogP contribution in [0.25, 0.3) is 0 Å². The fourth-order valence-corrected chi connectivity index (χ4v) is 2.64. The van der Waals surface area contributed by atoms with Gasteiger partial charge >= 0.3 is 11.9 Å². The summed E-state index contributed by atoms with van der Waals surface area (Å²) >= 11 is 5.96. The van der Waals surface area contributed by atoms with Gasteiger partial charge in [-0.1, -0.05) is 11.6 Å². The van der Waals surface area contributed by atoms with Gasteiger partial charge in [-0.2, -0.15) is 0 Å². The Balaban J connectivity index is 1.58. The molecule has 0 bridgehead atoms. The molecule has 126 valence electrons. The normalized spacial score (nSPS) is 16.0. The minimum Gasteiger partial charge on any atom is -0.492 e. The summed E-state index contributed by atoms with van der Waals surface area (Å²) in [6.07, 6.45) is 0.500. The molecule has 0 unspecified atom stereocenters. The van der Waals surface area contributed by atoms with E-state index in [0.29, 0.717) is 17.2 Å². The second kappa shape index (κ2) is 6.97. The van der Waals surface area contributed by atoms with Crippen molar-refractivity contribution in [1.29, 1.82) is 0 Å². The van der Waals surface area contributed by atoms with E-state index < -0.39 is 17.9 Å². The Morgan fingerprint density at radius 3 is 2.92 bits per heavy atom. The van der Waals surface area contributed by atoms with Crippen LogP contribution >= 0.6 is 11.6 Å². The molecule has 1 aliphatic heterocycles. The van der Waals surface area contributed by atoms with Crippen LogP contribution in [0.15, 0.2) is 34.7 Å². The molecule has 0 saturated carbocycles. The van der Waals surface area contributed by atoms with Crippen LogP contribution in [0.3, 0.4) is 0 Å². The third kappa shape index (κ3) is 3.54. The molecule has 2 aromatic rings. The summed E-state index contributed by atoms with van der Waals surface area (Å²) in [6, 6.07) is 8.35. The molecule has 6 nitrogen and oxygen atoms in total. The van der Waals surface area contributed by atoms with Crippen molar-refractivity contribution in [2.24, 2.45) is 5.92 Å². The Kier molecular flexibility index (Phi) is 4.76. The first-order chi connectivity index (χ1) is 11.6. The lowest BCUT2D eigenvalue weighted by atomic mass is 9.97. The lowest BCUT2D eigenvalue weighted by Gasteiger charge is -2.24. The first-order valence-electron chi connectivity index (χ1n) is 7.31. The number of furan rings is 1. The lowest BCUT2D eigenvalue weighted by molar-refractivity contribution is -0.151. The highest BCUT2D eigenvalue weighted by Crippen LogP contribution is 2.30. The molecule has 0 N–H and O–H groups in total. The SMILES string of the molecule is COC(=O)c1ccc(COC(=O)[C@@H]2COc3ccc(Cl)cc3C2)o1. The Bertz CT molecular complexity index is 766. The summed E-state index contributed by atoms with van der Waals surface area (Å²) in [4.78, 5) is 23.5. The molecular weight excluding hydrogens is 336 g/mol. The number of benzene rings is 1. The second-order valence-electron chi connectivity index (χ2n) is 5.33. The molecule has 0 spiro atoms. The van der Waals surface area contributed by atoms with E-state index in [1.165, 1.54) is 13.2 Å². The van der Waals surface area contributed by atoms with Gasteiger partial charge in [0.15, 0.2) is 0 Å². The van der Waals surface area contributed by atoms with Crippen molar-refractivity contribution in [3.05, 3.63) is 52.4 Å². The van der Waals surface area contributed by atoms with E-state index in [2.05, 4.69) is 4.74 Å². The van der Waals surface area contributed by atoms with Crippen molar-refractivity contribution in [3.8, 4) is 5.75 Å². The van der Waals surface area contributed by atoms with Crippen LogP contribution < -0.4 is 4.74 Å². The van der Waals surface area contributed by atoms with E-state index in [4.69, 9.17) is 25.5 Å². The molecule has 3 rings (SSSR count). The number of rotatable bonds is 4. The average Bonchev–Trinajstić information content (AvgIpc) is 3.07. The minimum atomic E-state index is -0.582. The maximum absolute atomic E-state index is 12.2. The molecule has 1 aromatic heterocycles. The fraction of sp³-hybridized carbons (Fsp3) is 0.294. The van der Waals surface area contributed by atoms with Gasteiger partial charge in [-0.15, -0.1) is 0 Å². The van der Waals surface area contributed by atoms with Crippen LogP contribution in [-0.2, 0) is 27.3 Å². The number of carbonyl (C=O) groups is 2. The van der Waals surface area contributed by atoms with Gasteiger partial charge in [0.05, 0.1) is 13.0 Å². The molecule has 1 aromatic carbocycles. The maximum atomic E-state index is 12.2. The standard InChI is InChI=1S/C17H15ClO6/c1-21-17(20)15-5-3-13(24-15)9-23-16(19)11-6-10-7-12(18)2-4-14(10)22-8-11/h2-5,7,11H,6,8-9H2,1H3/t11-/m0/s1. The summed E-state index contributed by atoms with van der Waals surface area (Å²) in [5.41, 5.74) is 0.877. The molecule has 7 heteroatoms. The third-order valence-corrected chi connectivity index (χ3v) is 3.90. The van der Waals surface area contributed by atoms with E-state index in [0.717, 1.165) is 11.3 Å². The zero-order valence-electron chi connectivity index (χ0n) is 12.9. The summed E-state index contributed by atoms with van der Waals surface area (Å²) in [6.45, 7) is 0.188. The number of esters is 2. The third-order valence-electron chi connectivity index (χ3n) is 3.67. The number of carbonyl (C=O) groups excluding carboxylic acids is 2. The summed E-state index contributed by atoms with van der Waals surface area (Å²) < 4.78 is 20.6. The molecule has 0 radical (unpaired) electrons. The molecule has 0 saturated heterocycles. The maximum Gasteiger partial charge on any atom is 0.373 e. The van der Waals surface area contributed by atoms with E-state index in [-0.39, 0.29) is 19.0 Å². The number of hydrogen-bond donors (Lipinski definition) is 0. The quantitative estimate of drug-likeness (QED) is 0.789. The number of hydrogen-bond acceptors (Lipinski definition) is 6. The van der Waals surface area contributed by atoms with Gasteiger partial charge < -0.3 is 18.6 Å². The first kappa shape index (κ1) is 16.4. The van der Waals surface area contributed by atoms with Gasteiger partial charge in [0.1, 0.15) is 24.7 Å². The largest absolute Gasteiger partial charge is 0.492 e. The van der Waals surface area contributed by atoms with Gasteiger partial charge in [0.25, 0.3) is 0 Å². The summed E-state index contributed by atoms with van der Waals surface area (Å²) in [7, 11) is 1.26. The highest BCUT2D eigenvalue weighted by molar-refractivity contribution is 6.30. The predicted molar refractivity (Wildman–Crippen MR) is 84.0 cm³/mol. The van der Waals surface area contributed by atoms with Gasteiger partial charge in [-0.05, 0) is 42.3 Å². The van der Waals surface area contributed by atoms with E-state index >= 15 is 0 Å². The van der Waals surface area contributed by atoms with Crippen LogP contribution in [0, 0.1) is 5.92 Å². The topological polar surface area (TPSA) is 75.0 Å². The van der Waals surface area contributed by atoms with Gasteiger partial charge in [0, 0.05) is 5.02 Å². The van der Waals surface area contributed by atoms with Gasteiger partial charge in [0.2, 0.25) is 5.76 Å². The van der Waals surface area contributed by atoms with Gasteiger partial charge in [-0.3, -0.25) is 4.79 Å². The van der Waals surface area contributed by atoms with Crippen LogP contribution in [0.2, 0.25) is 5.02 Å². The second-order valence-corrected chi connectivity index (χ2v) is 5.77. The molecule has 0 amide bonds. The molecule has 0 aliphatic carbocycles. The number of ether oxygens (including phenoxy) is 3. The van der Waals surface area contributed by atoms with E-state index in [1.807, 2.05) is 0 Å². The number of halogens is 1. The van der Waals surface area contributed by atoms with Crippen molar-refractivity contribution in [3.63, 3.8) is 0 Å². The molecule has 24 heavy (non-hydrogen) atoms. The monoisotopic (exact) mass is 350 g/mol. The van der Waals surface area contributed by atoms with Crippen LogP contribution in [0.5, 0.6) is 5.75 Å². The Morgan fingerprint density at radius 2 is 2.12 bits per heavy atom. The molecular formula is C17H15ClO6. The smallest absolute Gasteiger partial charge is 0.373 e. The van der Waals surface area contributed by atoms with Crippen molar-refractivity contribution in [2.75, 3.05) is 13.7 Å². The van der Waals surface area contributed by atoms with Crippen LogP contribution in [-0.4, -0.2) is 25.7 Å². The van der Waals surface area contributed by atoms with Crippen molar-refractivity contribution in [1.82, 2.24) is 0 Å². The van der Waals surface area contributed by atoms with E-state index in [9.17, 15) is 9.59 Å². The Labute approximate surface area is 143 Å².